The number of nitrogens with zero attached hydrogens (tertiary/aromatic N) is 2. The molecule has 0 aliphatic rings. The predicted molar refractivity (Wildman–Crippen MR) is 86.9 cm³/mol. The van der Waals surface area contributed by atoms with Crippen LogP contribution < -0.4 is 5.56 Å². The maximum atomic E-state index is 11.8. The number of benzene rings is 1. The molecule has 0 radical (unpaired) electrons. The minimum Gasteiger partial charge on any atom is -0.311 e. The van der Waals surface area contributed by atoms with E-state index in [4.69, 9.17) is 11.6 Å². The molecule has 0 bridgehead atoms. The fourth-order valence-corrected chi connectivity index (χ4v) is 3.14. The number of hydrogen-bond acceptors (Lipinski definition) is 3. The zero-order chi connectivity index (χ0) is 14.7. The number of thiazole rings is 1. The summed E-state index contributed by atoms with van der Waals surface area (Å²) in [6.07, 6.45) is 1.80. The van der Waals surface area contributed by atoms with Gasteiger partial charge in [0, 0.05) is 23.2 Å². The van der Waals surface area contributed by atoms with Gasteiger partial charge in [-0.3, -0.25) is 4.79 Å². The number of rotatable bonds is 4. The van der Waals surface area contributed by atoms with E-state index in [0.717, 1.165) is 21.8 Å². The molecule has 0 aliphatic heterocycles. The topological polar surface area (TPSA) is 34.9 Å². The van der Waals surface area contributed by atoms with Crippen molar-refractivity contribution in [2.24, 2.45) is 0 Å². The van der Waals surface area contributed by atoms with Gasteiger partial charge in [0.05, 0.1) is 18.1 Å². The molecule has 0 atom stereocenters. The van der Waals surface area contributed by atoms with Crippen LogP contribution in [0.25, 0.3) is 10.6 Å². The fourth-order valence-electron chi connectivity index (χ4n) is 2.09. The Kier molecular flexibility index (Phi) is 4.18. The second kappa shape index (κ2) is 6.24. The Bertz CT molecular complexity index is 810. The summed E-state index contributed by atoms with van der Waals surface area (Å²) in [6, 6.07) is 13.3. The van der Waals surface area contributed by atoms with Crippen LogP contribution in [0.1, 0.15) is 11.3 Å². The van der Waals surface area contributed by atoms with Gasteiger partial charge < -0.3 is 4.57 Å². The Hall–Kier alpha value is -1.91. The molecular formula is C16H13ClN2OS. The number of pyridine rings is 1. The molecule has 0 N–H and O–H groups in total. The van der Waals surface area contributed by atoms with Crippen LogP contribution in [0.15, 0.2) is 58.8 Å². The van der Waals surface area contributed by atoms with Crippen LogP contribution in [0, 0.1) is 0 Å². The van der Waals surface area contributed by atoms with Gasteiger partial charge in [0.15, 0.2) is 0 Å². The van der Waals surface area contributed by atoms with Crippen LogP contribution >= 0.6 is 22.9 Å². The van der Waals surface area contributed by atoms with Crippen molar-refractivity contribution in [3.05, 3.63) is 75.7 Å². The fraction of sp³-hybridized carbons (Fsp3) is 0.125. The Labute approximate surface area is 131 Å². The van der Waals surface area contributed by atoms with Crippen molar-refractivity contribution in [1.29, 1.82) is 0 Å². The van der Waals surface area contributed by atoms with E-state index in [2.05, 4.69) is 11.1 Å². The van der Waals surface area contributed by atoms with Crippen molar-refractivity contribution in [1.82, 2.24) is 9.55 Å². The van der Waals surface area contributed by atoms with Gasteiger partial charge in [0.25, 0.3) is 5.56 Å². The third-order valence-electron chi connectivity index (χ3n) is 3.11. The summed E-state index contributed by atoms with van der Waals surface area (Å²) in [5, 5.41) is 2.92. The largest absolute Gasteiger partial charge is 0.311 e. The molecule has 0 fully saturated rings. The lowest BCUT2D eigenvalue weighted by Gasteiger charge is -2.06. The smallest absolute Gasteiger partial charge is 0.250 e. The number of hydrogen-bond donors (Lipinski definition) is 0. The highest BCUT2D eigenvalue weighted by molar-refractivity contribution is 7.13. The standard InChI is InChI=1S/C16H13ClN2OS/c17-9-14-11-21-16(18-14)13-5-3-4-12(8-13)10-19-7-2-1-6-15(19)20/h1-8,11H,9-10H2. The predicted octanol–water partition coefficient (Wildman–Crippen LogP) is 3.76. The van der Waals surface area contributed by atoms with Crippen LogP contribution in [0.3, 0.4) is 0 Å². The van der Waals surface area contributed by atoms with Gasteiger partial charge >= 0.3 is 0 Å². The van der Waals surface area contributed by atoms with Gasteiger partial charge in [-0.1, -0.05) is 24.3 Å². The number of aromatic nitrogens is 2. The second-order valence-corrected chi connectivity index (χ2v) is 5.77. The quantitative estimate of drug-likeness (QED) is 0.687. The second-order valence-electron chi connectivity index (χ2n) is 4.64. The van der Waals surface area contributed by atoms with Crippen LogP contribution in [-0.2, 0) is 12.4 Å². The minimum absolute atomic E-state index is 0.00146. The van der Waals surface area contributed by atoms with Crippen molar-refractivity contribution in [3.8, 4) is 10.6 Å². The Balaban J connectivity index is 1.90. The van der Waals surface area contributed by atoms with E-state index in [1.54, 1.807) is 34.2 Å². The summed E-state index contributed by atoms with van der Waals surface area (Å²) in [5.41, 5.74) is 3.02. The van der Waals surface area contributed by atoms with Gasteiger partial charge in [-0.05, 0) is 17.7 Å². The summed E-state index contributed by atoms with van der Waals surface area (Å²) in [5.74, 6) is 0.426. The summed E-state index contributed by atoms with van der Waals surface area (Å²) in [7, 11) is 0. The molecule has 2 heterocycles. The van der Waals surface area contributed by atoms with Gasteiger partial charge in [0.1, 0.15) is 5.01 Å². The number of halogens is 1. The van der Waals surface area contributed by atoms with E-state index in [0.29, 0.717) is 12.4 Å². The van der Waals surface area contributed by atoms with E-state index in [9.17, 15) is 4.79 Å². The SMILES string of the molecule is O=c1ccccn1Cc1cccc(-c2nc(CCl)cs2)c1. The molecule has 0 aliphatic carbocycles. The molecule has 1 aromatic carbocycles. The first-order valence-corrected chi connectivity index (χ1v) is 7.93. The average molecular weight is 317 g/mol. The van der Waals surface area contributed by atoms with E-state index in [-0.39, 0.29) is 5.56 Å². The normalized spacial score (nSPS) is 10.7. The number of alkyl halides is 1. The molecular weight excluding hydrogens is 304 g/mol. The van der Waals surface area contributed by atoms with Crippen molar-refractivity contribution in [2.75, 3.05) is 0 Å². The summed E-state index contributed by atoms with van der Waals surface area (Å²) < 4.78 is 1.69. The molecule has 0 unspecified atom stereocenters. The van der Waals surface area contributed by atoms with Crippen molar-refractivity contribution >= 4 is 22.9 Å². The molecule has 106 valence electrons. The molecule has 3 rings (SSSR count). The summed E-state index contributed by atoms with van der Waals surface area (Å²) in [4.78, 5) is 16.2. The minimum atomic E-state index is 0.00146. The van der Waals surface area contributed by atoms with Crippen LogP contribution in [0.2, 0.25) is 0 Å². The molecule has 3 aromatic rings. The third kappa shape index (κ3) is 3.23. The third-order valence-corrected chi connectivity index (χ3v) is 4.33. The highest BCUT2D eigenvalue weighted by atomic mass is 35.5. The summed E-state index contributed by atoms with van der Waals surface area (Å²) in [6.45, 7) is 0.557. The maximum Gasteiger partial charge on any atom is 0.250 e. The maximum absolute atomic E-state index is 11.8. The van der Waals surface area contributed by atoms with Crippen molar-refractivity contribution in [2.45, 2.75) is 12.4 Å². The first-order chi connectivity index (χ1) is 10.3. The first-order valence-electron chi connectivity index (χ1n) is 6.51. The molecule has 0 saturated carbocycles. The zero-order valence-corrected chi connectivity index (χ0v) is 12.8. The van der Waals surface area contributed by atoms with Gasteiger partial charge in [0.2, 0.25) is 0 Å². The average Bonchev–Trinajstić information content (AvgIpc) is 2.99. The first kappa shape index (κ1) is 14.0. The van der Waals surface area contributed by atoms with Crippen LogP contribution in [-0.4, -0.2) is 9.55 Å². The molecule has 21 heavy (non-hydrogen) atoms. The Morgan fingerprint density at radius 1 is 1.19 bits per heavy atom. The monoisotopic (exact) mass is 316 g/mol. The van der Waals surface area contributed by atoms with Gasteiger partial charge in [-0.15, -0.1) is 22.9 Å². The zero-order valence-electron chi connectivity index (χ0n) is 11.2. The lowest BCUT2D eigenvalue weighted by atomic mass is 10.1. The van der Waals surface area contributed by atoms with Gasteiger partial charge in [-0.25, -0.2) is 4.98 Å². The van der Waals surface area contributed by atoms with Gasteiger partial charge in [-0.2, -0.15) is 0 Å². The lowest BCUT2D eigenvalue weighted by Crippen LogP contribution is -2.18. The highest BCUT2D eigenvalue weighted by Crippen LogP contribution is 2.25. The van der Waals surface area contributed by atoms with E-state index in [1.165, 1.54) is 0 Å². The Morgan fingerprint density at radius 3 is 2.86 bits per heavy atom. The molecule has 3 nitrogen and oxygen atoms in total. The van der Waals surface area contributed by atoms with E-state index in [1.807, 2.05) is 29.6 Å². The molecule has 5 heteroatoms. The molecule has 0 amide bonds. The van der Waals surface area contributed by atoms with Crippen molar-refractivity contribution in [3.63, 3.8) is 0 Å². The van der Waals surface area contributed by atoms with Crippen LogP contribution in [0.5, 0.6) is 0 Å². The van der Waals surface area contributed by atoms with E-state index < -0.39 is 0 Å². The summed E-state index contributed by atoms with van der Waals surface area (Å²) >= 11 is 7.37. The lowest BCUT2D eigenvalue weighted by molar-refractivity contribution is 0.760. The van der Waals surface area contributed by atoms with Crippen molar-refractivity contribution < 1.29 is 0 Å². The molecule has 0 saturated heterocycles. The molecule has 0 spiro atoms. The van der Waals surface area contributed by atoms with E-state index >= 15 is 0 Å². The highest BCUT2D eigenvalue weighted by Gasteiger charge is 2.05. The van der Waals surface area contributed by atoms with Crippen LogP contribution in [0.4, 0.5) is 0 Å². The molecule has 2 aromatic heterocycles. The Morgan fingerprint density at radius 2 is 2.10 bits per heavy atom.